The SMILES string of the molecule is O=S(=O)(CCc1ccccc1F)NCc1nnc(-c2ccccc2)o1. The Balaban J connectivity index is 1.57. The summed E-state index contributed by atoms with van der Waals surface area (Å²) in [6.45, 7) is -0.112. The Morgan fingerprint density at radius 2 is 1.72 bits per heavy atom. The standard InChI is InChI=1S/C17H16FN3O3S/c18-15-9-5-4-6-13(15)10-11-25(22,23)19-12-16-20-21-17(24-16)14-7-2-1-3-8-14/h1-9,19H,10-12H2. The van der Waals surface area contributed by atoms with E-state index in [0.29, 0.717) is 11.5 Å². The third-order valence-electron chi connectivity index (χ3n) is 3.53. The van der Waals surface area contributed by atoms with E-state index in [9.17, 15) is 12.8 Å². The average Bonchev–Trinajstić information content (AvgIpc) is 3.09. The Hall–Kier alpha value is -2.58. The molecule has 0 fully saturated rings. The molecule has 25 heavy (non-hydrogen) atoms. The van der Waals surface area contributed by atoms with E-state index in [2.05, 4.69) is 14.9 Å². The first kappa shape index (κ1) is 17.2. The van der Waals surface area contributed by atoms with E-state index in [4.69, 9.17) is 4.42 Å². The van der Waals surface area contributed by atoms with Crippen LogP contribution in [-0.2, 0) is 23.0 Å². The second-order valence-corrected chi connectivity index (χ2v) is 7.27. The lowest BCUT2D eigenvalue weighted by molar-refractivity contribution is 0.494. The van der Waals surface area contributed by atoms with Crippen molar-refractivity contribution < 1.29 is 17.2 Å². The molecule has 3 aromatic rings. The fourth-order valence-corrected chi connectivity index (χ4v) is 3.19. The minimum absolute atomic E-state index is 0.0844. The van der Waals surface area contributed by atoms with E-state index in [1.807, 2.05) is 30.3 Å². The number of aryl methyl sites for hydroxylation is 1. The van der Waals surface area contributed by atoms with Gasteiger partial charge >= 0.3 is 0 Å². The summed E-state index contributed by atoms with van der Waals surface area (Å²) in [5.74, 6) is -0.162. The van der Waals surface area contributed by atoms with Gasteiger partial charge in [0.25, 0.3) is 0 Å². The fourth-order valence-electron chi connectivity index (χ4n) is 2.21. The van der Waals surface area contributed by atoms with E-state index in [1.54, 1.807) is 18.2 Å². The van der Waals surface area contributed by atoms with Crippen molar-refractivity contribution >= 4 is 10.0 Å². The second kappa shape index (κ2) is 7.54. The number of sulfonamides is 1. The van der Waals surface area contributed by atoms with Gasteiger partial charge in [0.15, 0.2) is 0 Å². The van der Waals surface area contributed by atoms with E-state index in [0.717, 1.165) is 5.56 Å². The predicted molar refractivity (Wildman–Crippen MR) is 90.5 cm³/mol. The molecule has 0 amide bonds. The summed E-state index contributed by atoms with van der Waals surface area (Å²) in [6.07, 6.45) is 0.0844. The summed E-state index contributed by atoms with van der Waals surface area (Å²) in [5.41, 5.74) is 1.11. The molecule has 0 radical (unpaired) electrons. The van der Waals surface area contributed by atoms with Gasteiger partial charge in [-0.2, -0.15) is 0 Å². The molecule has 0 saturated heterocycles. The molecule has 0 unspecified atom stereocenters. The first-order valence-corrected chi connectivity index (χ1v) is 9.27. The second-order valence-electron chi connectivity index (χ2n) is 5.35. The molecule has 0 saturated carbocycles. The van der Waals surface area contributed by atoms with Crippen molar-refractivity contribution in [2.24, 2.45) is 0 Å². The molecule has 8 heteroatoms. The number of nitrogens with zero attached hydrogens (tertiary/aromatic N) is 2. The Bertz CT molecular complexity index is 943. The molecule has 0 bridgehead atoms. The molecular weight excluding hydrogens is 345 g/mol. The van der Waals surface area contributed by atoms with Gasteiger partial charge in [-0.1, -0.05) is 36.4 Å². The van der Waals surface area contributed by atoms with Crippen molar-refractivity contribution in [3.8, 4) is 11.5 Å². The zero-order chi connectivity index (χ0) is 17.7. The van der Waals surface area contributed by atoms with Gasteiger partial charge in [-0.15, -0.1) is 10.2 Å². The maximum atomic E-state index is 13.5. The molecule has 0 aliphatic rings. The number of aromatic nitrogens is 2. The van der Waals surface area contributed by atoms with Crippen LogP contribution in [-0.4, -0.2) is 24.4 Å². The van der Waals surface area contributed by atoms with Crippen LogP contribution in [0, 0.1) is 5.82 Å². The molecule has 0 atom stereocenters. The van der Waals surface area contributed by atoms with Gasteiger partial charge < -0.3 is 4.42 Å². The summed E-state index contributed by atoms with van der Waals surface area (Å²) in [7, 11) is -3.59. The number of nitrogens with one attached hydrogen (secondary N) is 1. The van der Waals surface area contributed by atoms with Crippen LogP contribution in [0.15, 0.2) is 59.0 Å². The van der Waals surface area contributed by atoms with Gasteiger partial charge in [0.05, 0.1) is 12.3 Å². The summed E-state index contributed by atoms with van der Waals surface area (Å²) >= 11 is 0. The van der Waals surface area contributed by atoms with Crippen LogP contribution >= 0.6 is 0 Å². The number of halogens is 1. The van der Waals surface area contributed by atoms with Crippen LogP contribution in [0.4, 0.5) is 4.39 Å². The number of benzene rings is 2. The lowest BCUT2D eigenvalue weighted by Gasteiger charge is -2.05. The molecule has 1 N–H and O–H groups in total. The molecule has 6 nitrogen and oxygen atoms in total. The fraction of sp³-hybridized carbons (Fsp3) is 0.176. The van der Waals surface area contributed by atoms with Gasteiger partial charge in [-0.3, -0.25) is 0 Å². The normalized spacial score (nSPS) is 11.6. The number of rotatable bonds is 7. The van der Waals surface area contributed by atoms with Gasteiger partial charge in [-0.05, 0) is 30.2 Å². The first-order valence-electron chi connectivity index (χ1n) is 7.62. The Morgan fingerprint density at radius 1 is 1.00 bits per heavy atom. The lowest BCUT2D eigenvalue weighted by Crippen LogP contribution is -2.27. The molecular formula is C17H16FN3O3S. The van der Waals surface area contributed by atoms with E-state index in [1.165, 1.54) is 6.07 Å². The topological polar surface area (TPSA) is 85.1 Å². The highest BCUT2D eigenvalue weighted by Gasteiger charge is 2.15. The summed E-state index contributed by atoms with van der Waals surface area (Å²) in [5, 5.41) is 7.72. The summed E-state index contributed by atoms with van der Waals surface area (Å²) in [6, 6.07) is 15.3. The van der Waals surface area contributed by atoms with Gasteiger partial charge in [0.1, 0.15) is 5.82 Å². The van der Waals surface area contributed by atoms with E-state index in [-0.39, 0.29) is 24.6 Å². The van der Waals surface area contributed by atoms with Crippen LogP contribution in [0.25, 0.3) is 11.5 Å². The van der Waals surface area contributed by atoms with Crippen molar-refractivity contribution in [1.82, 2.24) is 14.9 Å². The maximum Gasteiger partial charge on any atom is 0.247 e. The quantitative estimate of drug-likeness (QED) is 0.699. The van der Waals surface area contributed by atoms with Crippen molar-refractivity contribution in [3.05, 3.63) is 71.9 Å². The highest BCUT2D eigenvalue weighted by atomic mass is 32.2. The van der Waals surface area contributed by atoms with Crippen molar-refractivity contribution in [2.45, 2.75) is 13.0 Å². The average molecular weight is 361 g/mol. The minimum Gasteiger partial charge on any atom is -0.419 e. The molecule has 0 spiro atoms. The Labute approximate surface area is 144 Å². The molecule has 3 rings (SSSR count). The van der Waals surface area contributed by atoms with Crippen LogP contribution in [0.2, 0.25) is 0 Å². The van der Waals surface area contributed by atoms with Gasteiger partial charge in [-0.25, -0.2) is 17.5 Å². The smallest absolute Gasteiger partial charge is 0.247 e. The molecule has 130 valence electrons. The molecule has 2 aromatic carbocycles. The molecule has 1 aromatic heterocycles. The largest absolute Gasteiger partial charge is 0.419 e. The van der Waals surface area contributed by atoms with Crippen molar-refractivity contribution in [3.63, 3.8) is 0 Å². The van der Waals surface area contributed by atoms with Crippen LogP contribution in [0.3, 0.4) is 0 Å². The van der Waals surface area contributed by atoms with Crippen molar-refractivity contribution in [1.29, 1.82) is 0 Å². The number of hydrogen-bond donors (Lipinski definition) is 1. The summed E-state index contributed by atoms with van der Waals surface area (Å²) < 4.78 is 45.4. The minimum atomic E-state index is -3.59. The van der Waals surface area contributed by atoms with Crippen molar-refractivity contribution in [2.75, 3.05) is 5.75 Å². The Kier molecular flexibility index (Phi) is 5.20. The predicted octanol–water partition coefficient (Wildman–Crippen LogP) is 2.54. The van der Waals surface area contributed by atoms with Crippen LogP contribution in [0.1, 0.15) is 11.5 Å². The zero-order valence-corrected chi connectivity index (χ0v) is 14.0. The third-order valence-corrected chi connectivity index (χ3v) is 4.85. The number of hydrogen-bond acceptors (Lipinski definition) is 5. The van der Waals surface area contributed by atoms with Crippen LogP contribution in [0.5, 0.6) is 0 Å². The lowest BCUT2D eigenvalue weighted by atomic mass is 10.2. The maximum absolute atomic E-state index is 13.5. The van der Waals surface area contributed by atoms with Gasteiger partial charge in [0, 0.05) is 5.56 Å². The first-order chi connectivity index (χ1) is 12.0. The molecule has 0 aliphatic carbocycles. The monoisotopic (exact) mass is 361 g/mol. The highest BCUT2D eigenvalue weighted by molar-refractivity contribution is 7.89. The summed E-state index contributed by atoms with van der Waals surface area (Å²) in [4.78, 5) is 0. The molecule has 1 heterocycles. The van der Waals surface area contributed by atoms with Crippen LogP contribution < -0.4 is 4.72 Å². The van der Waals surface area contributed by atoms with E-state index >= 15 is 0 Å². The zero-order valence-electron chi connectivity index (χ0n) is 13.2. The third kappa shape index (κ3) is 4.71. The highest BCUT2D eigenvalue weighted by Crippen LogP contribution is 2.16. The molecule has 0 aliphatic heterocycles. The Morgan fingerprint density at radius 3 is 2.48 bits per heavy atom. The van der Waals surface area contributed by atoms with E-state index < -0.39 is 15.8 Å². The van der Waals surface area contributed by atoms with Gasteiger partial charge in [0.2, 0.25) is 21.8 Å².